The lowest BCUT2D eigenvalue weighted by atomic mass is 9.95. The van der Waals surface area contributed by atoms with Crippen LogP contribution in [-0.2, 0) is 0 Å². The van der Waals surface area contributed by atoms with Crippen molar-refractivity contribution in [2.24, 2.45) is 0 Å². The van der Waals surface area contributed by atoms with Gasteiger partial charge in [0, 0.05) is 5.57 Å². The van der Waals surface area contributed by atoms with Crippen molar-refractivity contribution in [2.45, 2.75) is 39.2 Å². The number of fused-ring (bicyclic) bond motifs is 1. The van der Waals surface area contributed by atoms with Crippen LogP contribution in [0.25, 0.3) is 10.8 Å². The largest absolute Gasteiger partial charge is 0.383 e. The van der Waals surface area contributed by atoms with Crippen LogP contribution in [0.3, 0.4) is 0 Å². The second-order valence-corrected chi connectivity index (χ2v) is 4.99. The smallest absolute Gasteiger partial charge is 0.108 e. The first kappa shape index (κ1) is 14.6. The van der Waals surface area contributed by atoms with Gasteiger partial charge in [0.15, 0.2) is 0 Å². The standard InChI is InChI=1S/C19H22O/c1-3-5-6-10-15(4-2)19(20)18-14-9-12-16-11-7-8-13-17(16)18/h6-9,11-14,19-20H,3-5H2,1-2H3. The summed E-state index contributed by atoms with van der Waals surface area (Å²) in [7, 11) is 0. The van der Waals surface area contributed by atoms with Gasteiger partial charge in [0.25, 0.3) is 0 Å². The third-order valence-electron chi connectivity index (χ3n) is 3.55. The molecule has 2 rings (SSSR count). The predicted molar refractivity (Wildman–Crippen MR) is 85.7 cm³/mol. The minimum absolute atomic E-state index is 0.570. The lowest BCUT2D eigenvalue weighted by Gasteiger charge is -2.15. The number of benzene rings is 2. The molecule has 2 aromatic rings. The van der Waals surface area contributed by atoms with Crippen molar-refractivity contribution >= 4 is 10.8 Å². The Kier molecular flexibility index (Phi) is 5.17. The molecule has 1 nitrogen and oxygen atoms in total. The molecular weight excluding hydrogens is 244 g/mol. The third-order valence-corrected chi connectivity index (χ3v) is 3.55. The Hall–Kier alpha value is -1.82. The Bertz CT molecular complexity index is 628. The third kappa shape index (κ3) is 3.19. The van der Waals surface area contributed by atoms with Crippen molar-refractivity contribution in [1.82, 2.24) is 0 Å². The van der Waals surface area contributed by atoms with Gasteiger partial charge in [-0.2, -0.15) is 0 Å². The second-order valence-electron chi connectivity index (χ2n) is 4.99. The van der Waals surface area contributed by atoms with Gasteiger partial charge in [-0.25, -0.2) is 0 Å². The molecule has 0 saturated heterocycles. The summed E-state index contributed by atoms with van der Waals surface area (Å²) in [5, 5.41) is 12.9. The number of aliphatic hydroxyl groups excluding tert-OH is 1. The summed E-state index contributed by atoms with van der Waals surface area (Å²) >= 11 is 0. The van der Waals surface area contributed by atoms with Gasteiger partial charge in [-0.1, -0.05) is 62.7 Å². The van der Waals surface area contributed by atoms with Gasteiger partial charge in [-0.3, -0.25) is 0 Å². The number of hydrogen-bond donors (Lipinski definition) is 1. The molecule has 104 valence electrons. The first-order valence-electron chi connectivity index (χ1n) is 7.37. The SMILES string of the molecule is CCCC=C=C(CC)C(O)c1cccc2ccccc12. The van der Waals surface area contributed by atoms with E-state index in [2.05, 4.69) is 37.8 Å². The van der Waals surface area contributed by atoms with E-state index in [0.29, 0.717) is 0 Å². The van der Waals surface area contributed by atoms with Crippen molar-refractivity contribution < 1.29 is 5.11 Å². The fourth-order valence-corrected chi connectivity index (χ4v) is 2.40. The topological polar surface area (TPSA) is 20.2 Å². The van der Waals surface area contributed by atoms with Crippen LogP contribution in [0.2, 0.25) is 0 Å². The molecule has 0 bridgehead atoms. The molecule has 0 aliphatic rings. The molecule has 20 heavy (non-hydrogen) atoms. The molecule has 0 spiro atoms. The lowest BCUT2D eigenvalue weighted by molar-refractivity contribution is 0.214. The molecular formula is C19H22O. The summed E-state index contributed by atoms with van der Waals surface area (Å²) in [6, 6.07) is 14.3. The fourth-order valence-electron chi connectivity index (χ4n) is 2.40. The molecule has 1 atom stereocenters. The molecule has 0 aliphatic heterocycles. The highest BCUT2D eigenvalue weighted by atomic mass is 16.3. The average Bonchev–Trinajstić information content (AvgIpc) is 2.50. The predicted octanol–water partition coefficient (Wildman–Crippen LogP) is 5.16. The molecule has 2 aromatic carbocycles. The highest BCUT2D eigenvalue weighted by Gasteiger charge is 2.14. The van der Waals surface area contributed by atoms with Gasteiger partial charge in [-0.15, -0.1) is 5.73 Å². The Labute approximate surface area is 121 Å². The van der Waals surface area contributed by atoms with E-state index in [4.69, 9.17) is 0 Å². The van der Waals surface area contributed by atoms with E-state index >= 15 is 0 Å². The van der Waals surface area contributed by atoms with E-state index in [0.717, 1.165) is 41.2 Å². The molecule has 1 heteroatoms. The zero-order valence-electron chi connectivity index (χ0n) is 12.3. The zero-order chi connectivity index (χ0) is 14.4. The molecule has 0 aromatic heterocycles. The summed E-state index contributed by atoms with van der Waals surface area (Å²) in [6.45, 7) is 4.21. The number of hydrogen-bond acceptors (Lipinski definition) is 1. The Balaban J connectivity index is 2.44. The number of unbranched alkanes of at least 4 members (excludes halogenated alkanes) is 1. The van der Waals surface area contributed by atoms with E-state index < -0.39 is 6.10 Å². The van der Waals surface area contributed by atoms with E-state index in [1.165, 1.54) is 0 Å². The maximum atomic E-state index is 10.7. The molecule has 1 unspecified atom stereocenters. The van der Waals surface area contributed by atoms with Gasteiger partial charge in [0.2, 0.25) is 0 Å². The van der Waals surface area contributed by atoms with Crippen LogP contribution < -0.4 is 0 Å². The van der Waals surface area contributed by atoms with Crippen molar-refractivity contribution in [3.05, 3.63) is 65.4 Å². The van der Waals surface area contributed by atoms with Crippen LogP contribution in [0.4, 0.5) is 0 Å². The van der Waals surface area contributed by atoms with Crippen LogP contribution in [0.1, 0.15) is 44.8 Å². The molecule has 0 fully saturated rings. The van der Waals surface area contributed by atoms with Crippen LogP contribution in [-0.4, -0.2) is 5.11 Å². The van der Waals surface area contributed by atoms with Crippen molar-refractivity contribution in [3.8, 4) is 0 Å². The van der Waals surface area contributed by atoms with Crippen molar-refractivity contribution in [1.29, 1.82) is 0 Å². The lowest BCUT2D eigenvalue weighted by Crippen LogP contribution is -2.01. The normalized spacial score (nSPS) is 11.9. The Morgan fingerprint density at radius 1 is 1.15 bits per heavy atom. The minimum Gasteiger partial charge on any atom is -0.383 e. The summed E-state index contributed by atoms with van der Waals surface area (Å²) in [4.78, 5) is 0. The van der Waals surface area contributed by atoms with E-state index in [-0.39, 0.29) is 0 Å². The molecule has 0 radical (unpaired) electrons. The van der Waals surface area contributed by atoms with Crippen molar-refractivity contribution in [2.75, 3.05) is 0 Å². The highest BCUT2D eigenvalue weighted by molar-refractivity contribution is 5.86. The first-order chi connectivity index (χ1) is 9.77. The van der Waals surface area contributed by atoms with E-state index in [9.17, 15) is 5.11 Å². The van der Waals surface area contributed by atoms with E-state index in [1.54, 1.807) is 0 Å². The van der Waals surface area contributed by atoms with E-state index in [1.807, 2.05) is 30.3 Å². The highest BCUT2D eigenvalue weighted by Crippen LogP contribution is 2.29. The molecule has 0 heterocycles. The fraction of sp³-hybridized carbons (Fsp3) is 0.316. The van der Waals surface area contributed by atoms with Crippen LogP contribution in [0, 0.1) is 0 Å². The molecule has 0 aliphatic carbocycles. The van der Waals surface area contributed by atoms with Crippen LogP contribution in [0.5, 0.6) is 0 Å². The summed E-state index contributed by atoms with van der Waals surface area (Å²) in [5.41, 5.74) is 5.20. The number of aliphatic hydroxyl groups is 1. The molecule has 0 saturated carbocycles. The second kappa shape index (κ2) is 7.09. The maximum Gasteiger partial charge on any atom is 0.108 e. The summed E-state index contributed by atoms with van der Waals surface area (Å²) in [6.07, 6.45) is 4.39. The summed E-state index contributed by atoms with van der Waals surface area (Å²) in [5.74, 6) is 0. The van der Waals surface area contributed by atoms with Crippen molar-refractivity contribution in [3.63, 3.8) is 0 Å². The molecule has 0 amide bonds. The first-order valence-corrected chi connectivity index (χ1v) is 7.37. The van der Waals surface area contributed by atoms with Gasteiger partial charge in [0.1, 0.15) is 6.10 Å². The number of rotatable bonds is 5. The van der Waals surface area contributed by atoms with Gasteiger partial charge < -0.3 is 5.11 Å². The quantitative estimate of drug-likeness (QED) is 0.741. The van der Waals surface area contributed by atoms with Crippen LogP contribution >= 0.6 is 0 Å². The average molecular weight is 266 g/mol. The van der Waals surface area contributed by atoms with Gasteiger partial charge in [0.05, 0.1) is 0 Å². The van der Waals surface area contributed by atoms with Gasteiger partial charge >= 0.3 is 0 Å². The summed E-state index contributed by atoms with van der Waals surface area (Å²) < 4.78 is 0. The van der Waals surface area contributed by atoms with Gasteiger partial charge in [-0.05, 0) is 35.3 Å². The zero-order valence-corrected chi connectivity index (χ0v) is 12.3. The van der Waals surface area contributed by atoms with Crippen LogP contribution in [0.15, 0.2) is 59.8 Å². The molecule has 1 N–H and O–H groups in total. The minimum atomic E-state index is -0.570. The Morgan fingerprint density at radius 2 is 1.90 bits per heavy atom. The Morgan fingerprint density at radius 3 is 2.65 bits per heavy atom. The maximum absolute atomic E-state index is 10.7. The monoisotopic (exact) mass is 266 g/mol.